The molecular formula is C19H14ClFN2O3S2. The molecule has 3 rings (SSSR count). The zero-order valence-corrected chi connectivity index (χ0v) is 17.0. The third kappa shape index (κ3) is 5.09. The number of nitrogens with one attached hydrogen (secondary N) is 1. The largest absolute Gasteiger partial charge is 0.452 e. The molecule has 9 heteroatoms. The van der Waals surface area contributed by atoms with E-state index in [-0.39, 0.29) is 16.4 Å². The molecule has 0 aliphatic heterocycles. The molecule has 0 radical (unpaired) electrons. The second-order valence-electron chi connectivity index (χ2n) is 5.51. The lowest BCUT2D eigenvalue weighted by atomic mass is 10.2. The van der Waals surface area contributed by atoms with Crippen LogP contribution in [0.5, 0.6) is 0 Å². The van der Waals surface area contributed by atoms with E-state index in [2.05, 4.69) is 10.3 Å². The number of carbonyl (C=O) groups is 2. The van der Waals surface area contributed by atoms with Crippen molar-refractivity contribution in [2.45, 2.75) is 4.90 Å². The highest BCUT2D eigenvalue weighted by molar-refractivity contribution is 7.98. The maximum absolute atomic E-state index is 13.0. The molecule has 0 spiro atoms. The van der Waals surface area contributed by atoms with Crippen molar-refractivity contribution in [1.82, 2.24) is 4.98 Å². The number of benzene rings is 2. The molecule has 0 saturated carbocycles. The van der Waals surface area contributed by atoms with Gasteiger partial charge >= 0.3 is 5.97 Å². The van der Waals surface area contributed by atoms with Gasteiger partial charge in [0.25, 0.3) is 5.91 Å². The Morgan fingerprint density at radius 2 is 2.00 bits per heavy atom. The van der Waals surface area contributed by atoms with E-state index < -0.39 is 18.5 Å². The summed E-state index contributed by atoms with van der Waals surface area (Å²) in [6, 6.07) is 10.9. The molecule has 0 unspecified atom stereocenters. The topological polar surface area (TPSA) is 68.3 Å². The third-order valence-electron chi connectivity index (χ3n) is 3.62. The molecule has 0 bridgehead atoms. The summed E-state index contributed by atoms with van der Waals surface area (Å²) in [7, 11) is 0. The fourth-order valence-corrected chi connectivity index (χ4v) is 3.61. The van der Waals surface area contributed by atoms with Crippen molar-refractivity contribution in [3.05, 3.63) is 64.2 Å². The highest BCUT2D eigenvalue weighted by atomic mass is 35.5. The number of ether oxygens (including phenoxy) is 1. The van der Waals surface area contributed by atoms with Crippen LogP contribution >= 0.6 is 34.7 Å². The van der Waals surface area contributed by atoms with E-state index in [9.17, 15) is 14.0 Å². The maximum atomic E-state index is 13.0. The standard InChI is InChI=1S/C19H14ClFN2O3S2/c1-27-13-6-7-15(20)14(8-13)18(25)26-9-17(24)23-19-22-16(10-28-19)11-2-4-12(21)5-3-11/h2-8,10H,9H2,1H3,(H,22,23,24). The smallest absolute Gasteiger partial charge is 0.340 e. The van der Waals surface area contributed by atoms with Gasteiger partial charge in [0, 0.05) is 15.8 Å². The first kappa shape index (κ1) is 20.3. The number of halogens is 2. The number of rotatable bonds is 6. The van der Waals surface area contributed by atoms with Gasteiger partial charge in [0.15, 0.2) is 11.7 Å². The number of carbonyl (C=O) groups excluding carboxylic acids is 2. The summed E-state index contributed by atoms with van der Waals surface area (Å²) in [5.41, 5.74) is 1.54. The summed E-state index contributed by atoms with van der Waals surface area (Å²) in [4.78, 5) is 29.3. The molecule has 1 amide bonds. The van der Waals surface area contributed by atoms with Crippen LogP contribution in [0.1, 0.15) is 10.4 Å². The lowest BCUT2D eigenvalue weighted by molar-refractivity contribution is -0.119. The first-order valence-corrected chi connectivity index (χ1v) is 10.5. The van der Waals surface area contributed by atoms with Gasteiger partial charge in [-0.05, 0) is 48.7 Å². The Bertz CT molecular complexity index is 1010. The van der Waals surface area contributed by atoms with Gasteiger partial charge in [-0.3, -0.25) is 10.1 Å². The van der Waals surface area contributed by atoms with Crippen molar-refractivity contribution in [3.8, 4) is 11.3 Å². The summed E-state index contributed by atoms with van der Waals surface area (Å²) < 4.78 is 18.0. The highest BCUT2D eigenvalue weighted by Crippen LogP contribution is 2.25. The lowest BCUT2D eigenvalue weighted by Gasteiger charge is -2.07. The monoisotopic (exact) mass is 436 g/mol. The van der Waals surface area contributed by atoms with Gasteiger partial charge in [-0.1, -0.05) is 11.6 Å². The summed E-state index contributed by atoms with van der Waals surface area (Å²) in [5.74, 6) is -1.54. The summed E-state index contributed by atoms with van der Waals surface area (Å²) >= 11 is 8.70. The Morgan fingerprint density at radius 1 is 1.25 bits per heavy atom. The zero-order valence-electron chi connectivity index (χ0n) is 14.6. The molecule has 0 fully saturated rings. The average Bonchev–Trinajstić information content (AvgIpc) is 3.15. The van der Waals surface area contributed by atoms with Crippen molar-refractivity contribution < 1.29 is 18.7 Å². The van der Waals surface area contributed by atoms with E-state index in [0.717, 1.165) is 10.5 Å². The van der Waals surface area contributed by atoms with Crippen molar-refractivity contribution in [3.63, 3.8) is 0 Å². The molecule has 144 valence electrons. The van der Waals surface area contributed by atoms with E-state index in [1.54, 1.807) is 35.7 Å². The fourth-order valence-electron chi connectivity index (χ4n) is 2.24. The van der Waals surface area contributed by atoms with E-state index in [4.69, 9.17) is 16.3 Å². The summed E-state index contributed by atoms with van der Waals surface area (Å²) in [6.07, 6.45) is 1.88. The van der Waals surface area contributed by atoms with Crippen LogP contribution in [-0.4, -0.2) is 29.7 Å². The quantitative estimate of drug-likeness (QED) is 0.429. The Kier molecular flexibility index (Phi) is 6.66. The number of esters is 1. The van der Waals surface area contributed by atoms with Crippen molar-refractivity contribution >= 4 is 51.7 Å². The van der Waals surface area contributed by atoms with E-state index in [0.29, 0.717) is 10.8 Å². The molecule has 3 aromatic rings. The van der Waals surface area contributed by atoms with Crippen LogP contribution in [0, 0.1) is 5.82 Å². The predicted molar refractivity (Wildman–Crippen MR) is 110 cm³/mol. The number of nitrogens with zero attached hydrogens (tertiary/aromatic N) is 1. The van der Waals surface area contributed by atoms with Crippen LogP contribution in [0.2, 0.25) is 5.02 Å². The second kappa shape index (κ2) is 9.18. The molecular weight excluding hydrogens is 423 g/mol. The van der Waals surface area contributed by atoms with Crippen LogP contribution in [0.4, 0.5) is 9.52 Å². The van der Waals surface area contributed by atoms with Crippen LogP contribution in [0.15, 0.2) is 52.7 Å². The minimum atomic E-state index is -0.679. The Morgan fingerprint density at radius 3 is 2.71 bits per heavy atom. The fraction of sp³-hybridized carbons (Fsp3) is 0.105. The zero-order chi connectivity index (χ0) is 20.1. The van der Waals surface area contributed by atoms with Crippen LogP contribution in [-0.2, 0) is 9.53 Å². The lowest BCUT2D eigenvalue weighted by Crippen LogP contribution is -2.21. The molecule has 28 heavy (non-hydrogen) atoms. The molecule has 1 N–H and O–H groups in total. The van der Waals surface area contributed by atoms with Crippen molar-refractivity contribution in [2.24, 2.45) is 0 Å². The van der Waals surface area contributed by atoms with Crippen LogP contribution in [0.3, 0.4) is 0 Å². The Hall–Kier alpha value is -2.42. The number of aromatic nitrogens is 1. The maximum Gasteiger partial charge on any atom is 0.340 e. The predicted octanol–water partition coefficient (Wildman–Crippen LogP) is 5.12. The number of thiazole rings is 1. The van der Waals surface area contributed by atoms with Gasteiger partial charge in [-0.2, -0.15) is 0 Å². The summed E-state index contributed by atoms with van der Waals surface area (Å²) in [6.45, 7) is -0.468. The Labute approximate surface area is 173 Å². The van der Waals surface area contributed by atoms with Gasteiger partial charge in [-0.15, -0.1) is 23.1 Å². The van der Waals surface area contributed by atoms with Gasteiger partial charge in [0.2, 0.25) is 0 Å². The van der Waals surface area contributed by atoms with Gasteiger partial charge in [0.05, 0.1) is 16.3 Å². The molecule has 1 heterocycles. The van der Waals surface area contributed by atoms with Gasteiger partial charge in [-0.25, -0.2) is 14.2 Å². The SMILES string of the molecule is CSc1ccc(Cl)c(C(=O)OCC(=O)Nc2nc(-c3ccc(F)cc3)cs2)c1. The van der Waals surface area contributed by atoms with E-state index in [1.165, 1.54) is 35.2 Å². The van der Waals surface area contributed by atoms with E-state index >= 15 is 0 Å². The Balaban J connectivity index is 1.57. The highest BCUT2D eigenvalue weighted by Gasteiger charge is 2.15. The number of thioether (sulfide) groups is 1. The average molecular weight is 437 g/mol. The number of anilines is 1. The molecule has 0 aliphatic rings. The molecule has 0 saturated heterocycles. The normalized spacial score (nSPS) is 10.5. The van der Waals surface area contributed by atoms with Crippen molar-refractivity contribution in [2.75, 3.05) is 18.2 Å². The van der Waals surface area contributed by atoms with E-state index in [1.807, 2.05) is 6.26 Å². The molecule has 2 aromatic carbocycles. The first-order chi connectivity index (χ1) is 13.5. The van der Waals surface area contributed by atoms with Gasteiger partial charge in [0.1, 0.15) is 5.82 Å². The number of hydrogen-bond acceptors (Lipinski definition) is 6. The molecule has 0 aliphatic carbocycles. The van der Waals surface area contributed by atoms with Crippen molar-refractivity contribution in [1.29, 1.82) is 0 Å². The molecule has 0 atom stereocenters. The third-order valence-corrected chi connectivity index (χ3v) is 5.43. The molecule has 1 aromatic heterocycles. The summed E-state index contributed by atoms with van der Waals surface area (Å²) in [5, 5.41) is 4.91. The minimum absolute atomic E-state index is 0.203. The first-order valence-electron chi connectivity index (χ1n) is 7.98. The number of amides is 1. The van der Waals surface area contributed by atoms with Crippen LogP contribution < -0.4 is 5.32 Å². The minimum Gasteiger partial charge on any atom is -0.452 e. The van der Waals surface area contributed by atoms with Crippen LogP contribution in [0.25, 0.3) is 11.3 Å². The van der Waals surface area contributed by atoms with Gasteiger partial charge < -0.3 is 4.74 Å². The number of hydrogen-bond donors (Lipinski definition) is 1. The molecule has 5 nitrogen and oxygen atoms in total. The second-order valence-corrected chi connectivity index (χ2v) is 7.66.